The fraction of sp³-hybridized carbons (Fsp3) is 0.941. The molecule has 0 aromatic rings. The van der Waals surface area contributed by atoms with Crippen LogP contribution in [0.25, 0.3) is 0 Å². The van der Waals surface area contributed by atoms with E-state index in [1.54, 1.807) is 11.8 Å². The molecule has 0 N–H and O–H groups in total. The van der Waals surface area contributed by atoms with Crippen molar-refractivity contribution in [2.45, 2.75) is 90.0 Å². The Labute approximate surface area is 154 Å². The van der Waals surface area contributed by atoms with Crippen molar-refractivity contribution < 1.29 is 39.5 Å². The van der Waals surface area contributed by atoms with Crippen molar-refractivity contribution in [3.63, 3.8) is 0 Å². The van der Waals surface area contributed by atoms with Gasteiger partial charge in [-0.15, -0.1) is 0 Å². The molecule has 0 aromatic carbocycles. The second-order valence-corrected chi connectivity index (χ2v) is 6.39. The van der Waals surface area contributed by atoms with Crippen molar-refractivity contribution in [2.24, 2.45) is 0 Å². The first-order valence-electron chi connectivity index (χ1n) is 8.34. The van der Waals surface area contributed by atoms with Gasteiger partial charge in [-0.3, -0.25) is 4.90 Å². The van der Waals surface area contributed by atoms with Crippen LogP contribution < -0.4 is 34.7 Å². The molecular formula is C17H34NNaO2. The number of likely N-dealkylation sites (N-methyl/N-ethyl adjacent to an activating group) is 1. The van der Waals surface area contributed by atoms with Gasteiger partial charge in [-0.05, 0) is 27.4 Å². The summed E-state index contributed by atoms with van der Waals surface area (Å²) in [5.74, 6) is -0.960. The molecule has 0 rings (SSSR count). The molecule has 0 spiro atoms. The van der Waals surface area contributed by atoms with Gasteiger partial charge >= 0.3 is 29.6 Å². The van der Waals surface area contributed by atoms with Gasteiger partial charge in [-0.1, -0.05) is 71.1 Å². The van der Waals surface area contributed by atoms with Crippen LogP contribution in [0.5, 0.6) is 0 Å². The van der Waals surface area contributed by atoms with E-state index in [-0.39, 0.29) is 29.6 Å². The van der Waals surface area contributed by atoms with Gasteiger partial charge in [0.1, 0.15) is 0 Å². The molecule has 0 saturated carbocycles. The smallest absolute Gasteiger partial charge is 0.548 e. The normalized spacial score (nSPS) is 13.8. The molecule has 0 amide bonds. The van der Waals surface area contributed by atoms with Crippen LogP contribution in [0.15, 0.2) is 0 Å². The minimum Gasteiger partial charge on any atom is -0.548 e. The Morgan fingerprint density at radius 3 is 1.62 bits per heavy atom. The summed E-state index contributed by atoms with van der Waals surface area (Å²) in [5.41, 5.74) is -0.819. The molecule has 0 fully saturated rings. The number of nitrogens with zero attached hydrogens (tertiary/aromatic N) is 1. The summed E-state index contributed by atoms with van der Waals surface area (Å²) in [4.78, 5) is 13.0. The van der Waals surface area contributed by atoms with Crippen LogP contribution in [0.4, 0.5) is 0 Å². The summed E-state index contributed by atoms with van der Waals surface area (Å²) in [6.07, 6.45) is 13.4. The molecule has 120 valence electrons. The summed E-state index contributed by atoms with van der Waals surface area (Å²) in [6.45, 7) is 4.00. The summed E-state index contributed by atoms with van der Waals surface area (Å²) in [6, 6.07) is 0. The molecule has 21 heavy (non-hydrogen) atoms. The Bertz CT molecular complexity index is 259. The number of aliphatic carboxylic acids is 1. The number of carbonyl (C=O) groups excluding carboxylic acids is 1. The van der Waals surface area contributed by atoms with E-state index >= 15 is 0 Å². The number of unbranched alkanes of at least 4 members (excludes halogenated alkanes) is 9. The summed E-state index contributed by atoms with van der Waals surface area (Å²) in [5, 5.41) is 11.2. The fourth-order valence-corrected chi connectivity index (χ4v) is 2.46. The molecule has 0 aliphatic carbocycles. The number of hydrogen-bond donors (Lipinski definition) is 0. The van der Waals surface area contributed by atoms with Crippen LogP contribution in [-0.4, -0.2) is 30.5 Å². The molecule has 0 saturated heterocycles. The van der Waals surface area contributed by atoms with Gasteiger partial charge in [-0.25, -0.2) is 0 Å². The third kappa shape index (κ3) is 10.7. The van der Waals surface area contributed by atoms with Gasteiger partial charge in [-0.2, -0.15) is 0 Å². The van der Waals surface area contributed by atoms with Gasteiger partial charge < -0.3 is 9.90 Å². The van der Waals surface area contributed by atoms with Crippen LogP contribution in [0, 0.1) is 0 Å². The maximum absolute atomic E-state index is 11.2. The largest absolute Gasteiger partial charge is 1.00 e. The molecule has 0 radical (unpaired) electrons. The Kier molecular flexibility index (Phi) is 15.9. The predicted molar refractivity (Wildman–Crippen MR) is 83.6 cm³/mol. The third-order valence-corrected chi connectivity index (χ3v) is 4.44. The first-order valence-corrected chi connectivity index (χ1v) is 8.34. The molecule has 0 aliphatic heterocycles. The predicted octanol–water partition coefficient (Wildman–Crippen LogP) is 0.372. The molecule has 0 aliphatic rings. The van der Waals surface area contributed by atoms with E-state index in [1.807, 2.05) is 14.1 Å². The van der Waals surface area contributed by atoms with Crippen LogP contribution in [-0.2, 0) is 4.79 Å². The number of carbonyl (C=O) groups is 1. The Balaban J connectivity index is 0. The Morgan fingerprint density at radius 2 is 1.29 bits per heavy atom. The zero-order chi connectivity index (χ0) is 15.4. The summed E-state index contributed by atoms with van der Waals surface area (Å²) < 4.78 is 0. The second kappa shape index (κ2) is 14.0. The van der Waals surface area contributed by atoms with E-state index in [0.717, 1.165) is 12.8 Å². The Hall–Kier alpha value is 0.430. The number of carboxylic acid groups (broad SMARTS) is 1. The van der Waals surface area contributed by atoms with Crippen molar-refractivity contribution in [3.05, 3.63) is 0 Å². The second-order valence-electron chi connectivity index (χ2n) is 6.39. The van der Waals surface area contributed by atoms with Gasteiger partial charge in [0.2, 0.25) is 0 Å². The first kappa shape index (κ1) is 23.7. The standard InChI is InChI=1S/C17H35NO2.Na/c1-5-6-7-8-9-10-11-12-13-14-15-17(2,16(19)20)18(3)4;/h5-15H2,1-4H3,(H,19,20);/q;+1/p-1. The minimum atomic E-state index is -0.960. The molecule has 1 atom stereocenters. The zero-order valence-corrected chi connectivity index (χ0v) is 17.0. The van der Waals surface area contributed by atoms with Crippen LogP contribution in [0.3, 0.4) is 0 Å². The molecule has 0 heterocycles. The van der Waals surface area contributed by atoms with Gasteiger partial charge in [0.25, 0.3) is 0 Å². The van der Waals surface area contributed by atoms with Crippen molar-refractivity contribution >= 4 is 5.97 Å². The van der Waals surface area contributed by atoms with Crippen LogP contribution >= 0.6 is 0 Å². The van der Waals surface area contributed by atoms with Gasteiger partial charge in [0.15, 0.2) is 0 Å². The molecule has 3 nitrogen and oxygen atoms in total. The first-order chi connectivity index (χ1) is 9.45. The van der Waals surface area contributed by atoms with Crippen LogP contribution in [0.2, 0.25) is 0 Å². The average molecular weight is 307 g/mol. The molecule has 0 aromatic heterocycles. The topological polar surface area (TPSA) is 43.4 Å². The number of hydrogen-bond acceptors (Lipinski definition) is 3. The van der Waals surface area contributed by atoms with Gasteiger partial charge in [0, 0.05) is 0 Å². The number of rotatable bonds is 13. The van der Waals surface area contributed by atoms with Crippen molar-refractivity contribution in [1.82, 2.24) is 4.90 Å². The zero-order valence-electron chi connectivity index (χ0n) is 15.0. The summed E-state index contributed by atoms with van der Waals surface area (Å²) >= 11 is 0. The quantitative estimate of drug-likeness (QED) is 0.365. The van der Waals surface area contributed by atoms with Crippen molar-refractivity contribution in [3.8, 4) is 0 Å². The maximum atomic E-state index is 11.2. The minimum absolute atomic E-state index is 0. The van der Waals surface area contributed by atoms with E-state index in [9.17, 15) is 9.90 Å². The monoisotopic (exact) mass is 307 g/mol. The molecule has 0 bridgehead atoms. The van der Waals surface area contributed by atoms with E-state index in [4.69, 9.17) is 0 Å². The molecule has 4 heteroatoms. The SMILES string of the molecule is CCCCCCCCCCCCC(C)(C(=O)[O-])N(C)C.[Na+]. The molecule has 1 unspecified atom stereocenters. The van der Waals surface area contributed by atoms with Crippen molar-refractivity contribution in [2.75, 3.05) is 14.1 Å². The van der Waals surface area contributed by atoms with Gasteiger partial charge in [0.05, 0.1) is 11.5 Å². The van der Waals surface area contributed by atoms with E-state index in [2.05, 4.69) is 6.92 Å². The fourth-order valence-electron chi connectivity index (χ4n) is 2.46. The average Bonchev–Trinajstić information content (AvgIpc) is 2.40. The van der Waals surface area contributed by atoms with Crippen LogP contribution in [0.1, 0.15) is 84.5 Å². The maximum Gasteiger partial charge on any atom is 1.00 e. The third-order valence-electron chi connectivity index (χ3n) is 4.44. The van der Waals surface area contributed by atoms with E-state index < -0.39 is 11.5 Å². The van der Waals surface area contributed by atoms with E-state index in [1.165, 1.54) is 51.4 Å². The van der Waals surface area contributed by atoms with Crippen molar-refractivity contribution in [1.29, 1.82) is 0 Å². The molecular weight excluding hydrogens is 273 g/mol. The van der Waals surface area contributed by atoms with E-state index in [0.29, 0.717) is 6.42 Å². The summed E-state index contributed by atoms with van der Waals surface area (Å²) in [7, 11) is 3.62. The Morgan fingerprint density at radius 1 is 0.905 bits per heavy atom. The number of carboxylic acids is 1.